The van der Waals surface area contributed by atoms with E-state index in [4.69, 9.17) is 0 Å². The molecular weight excluding hydrogens is 397 g/mol. The predicted molar refractivity (Wildman–Crippen MR) is 117 cm³/mol. The average molecular weight is 426 g/mol. The first kappa shape index (κ1) is 22.5. The Labute approximate surface area is 178 Å². The van der Waals surface area contributed by atoms with Crippen molar-refractivity contribution in [2.75, 3.05) is 37.6 Å². The number of carbonyl (C=O) groups is 1. The van der Waals surface area contributed by atoms with Gasteiger partial charge >= 0.3 is 0 Å². The van der Waals surface area contributed by atoms with Crippen LogP contribution < -0.4 is 15.5 Å². The van der Waals surface area contributed by atoms with Gasteiger partial charge in [-0.2, -0.15) is 0 Å². The summed E-state index contributed by atoms with van der Waals surface area (Å²) in [6.45, 7) is 5.50. The SMILES string of the molecule is Cl.Cl.O=C(NCCCN1CCCc2ccccc21)c1cn2c(n1)CCNCC2. The lowest BCUT2D eigenvalue weighted by molar-refractivity contribution is 0.0948. The van der Waals surface area contributed by atoms with Gasteiger partial charge in [0.2, 0.25) is 0 Å². The molecule has 0 aliphatic carbocycles. The standard InChI is InChI=1S/C20H27N5O.2ClH/c26-20(17-15-25-14-11-21-10-8-19(25)23-17)22-9-4-13-24-12-3-6-16-5-1-2-7-18(16)24;;/h1-2,5,7,15,21H,3-4,6,8-14H2,(H,22,26);2*1H. The average Bonchev–Trinajstić information content (AvgIpc) is 2.96. The number of para-hydroxylation sites is 1. The topological polar surface area (TPSA) is 62.2 Å². The summed E-state index contributed by atoms with van der Waals surface area (Å²) in [6, 6.07) is 8.66. The number of benzene rings is 1. The highest BCUT2D eigenvalue weighted by molar-refractivity contribution is 5.92. The second-order valence-corrected chi connectivity index (χ2v) is 7.06. The molecule has 2 aliphatic heterocycles. The second kappa shape index (κ2) is 10.7. The quantitative estimate of drug-likeness (QED) is 0.722. The summed E-state index contributed by atoms with van der Waals surface area (Å²) >= 11 is 0. The predicted octanol–water partition coefficient (Wildman–Crippen LogP) is 2.45. The molecule has 8 heteroatoms. The molecule has 0 saturated heterocycles. The van der Waals surface area contributed by atoms with Gasteiger partial charge in [0.1, 0.15) is 11.5 Å². The molecule has 0 saturated carbocycles. The first-order chi connectivity index (χ1) is 12.8. The highest BCUT2D eigenvalue weighted by atomic mass is 35.5. The molecule has 154 valence electrons. The normalized spacial score (nSPS) is 15.4. The molecule has 6 nitrogen and oxygen atoms in total. The van der Waals surface area contributed by atoms with Crippen molar-refractivity contribution < 1.29 is 4.79 Å². The summed E-state index contributed by atoms with van der Waals surface area (Å²) in [6.07, 6.45) is 6.08. The monoisotopic (exact) mass is 425 g/mol. The molecule has 2 aromatic rings. The Morgan fingerprint density at radius 3 is 2.89 bits per heavy atom. The molecule has 2 N–H and O–H groups in total. The van der Waals surface area contributed by atoms with Crippen molar-refractivity contribution in [2.24, 2.45) is 0 Å². The first-order valence-electron chi connectivity index (χ1n) is 9.69. The third-order valence-electron chi connectivity index (χ3n) is 5.24. The van der Waals surface area contributed by atoms with Crippen molar-refractivity contribution in [3.63, 3.8) is 0 Å². The third kappa shape index (κ3) is 5.19. The van der Waals surface area contributed by atoms with Crippen LogP contribution in [0.25, 0.3) is 0 Å². The first-order valence-corrected chi connectivity index (χ1v) is 9.69. The van der Waals surface area contributed by atoms with Crippen LogP contribution in [0.3, 0.4) is 0 Å². The summed E-state index contributed by atoms with van der Waals surface area (Å²) in [5, 5.41) is 6.37. The molecule has 4 rings (SSSR count). The van der Waals surface area contributed by atoms with Crippen LogP contribution in [-0.2, 0) is 19.4 Å². The number of amides is 1. The van der Waals surface area contributed by atoms with E-state index >= 15 is 0 Å². The Hall–Kier alpha value is -1.76. The molecule has 0 spiro atoms. The number of hydrogen-bond acceptors (Lipinski definition) is 4. The van der Waals surface area contributed by atoms with Gasteiger partial charge in [-0.1, -0.05) is 18.2 Å². The Morgan fingerprint density at radius 1 is 1.14 bits per heavy atom. The van der Waals surface area contributed by atoms with Crippen LogP contribution in [0, 0.1) is 0 Å². The summed E-state index contributed by atoms with van der Waals surface area (Å²) in [7, 11) is 0. The number of nitrogens with one attached hydrogen (secondary N) is 2. The van der Waals surface area contributed by atoms with Crippen LogP contribution in [0.4, 0.5) is 5.69 Å². The summed E-state index contributed by atoms with van der Waals surface area (Å²) < 4.78 is 2.10. The van der Waals surface area contributed by atoms with E-state index in [1.165, 1.54) is 24.1 Å². The maximum atomic E-state index is 12.4. The van der Waals surface area contributed by atoms with Crippen molar-refractivity contribution in [3.8, 4) is 0 Å². The number of rotatable bonds is 5. The van der Waals surface area contributed by atoms with Crippen LogP contribution in [0.2, 0.25) is 0 Å². The van der Waals surface area contributed by atoms with Gasteiger partial charge in [-0.3, -0.25) is 4.79 Å². The van der Waals surface area contributed by atoms with Gasteiger partial charge in [-0.05, 0) is 30.9 Å². The lowest BCUT2D eigenvalue weighted by Crippen LogP contribution is -2.33. The fourth-order valence-corrected chi connectivity index (χ4v) is 3.89. The molecule has 0 radical (unpaired) electrons. The third-order valence-corrected chi connectivity index (χ3v) is 5.24. The number of aromatic nitrogens is 2. The molecule has 1 aromatic carbocycles. The van der Waals surface area contributed by atoms with Gasteiger partial charge in [0.15, 0.2) is 0 Å². The minimum Gasteiger partial charge on any atom is -0.371 e. The zero-order valence-electron chi connectivity index (χ0n) is 16.0. The van der Waals surface area contributed by atoms with Crippen molar-refractivity contribution >= 4 is 36.4 Å². The highest BCUT2D eigenvalue weighted by Crippen LogP contribution is 2.26. The van der Waals surface area contributed by atoms with Gasteiger partial charge < -0.3 is 20.1 Å². The lowest BCUT2D eigenvalue weighted by atomic mass is 10.0. The van der Waals surface area contributed by atoms with E-state index in [-0.39, 0.29) is 30.7 Å². The van der Waals surface area contributed by atoms with E-state index in [2.05, 4.69) is 49.4 Å². The largest absolute Gasteiger partial charge is 0.371 e. The van der Waals surface area contributed by atoms with Gasteiger partial charge in [0, 0.05) is 57.6 Å². The molecule has 3 heterocycles. The molecule has 0 unspecified atom stereocenters. The fraction of sp³-hybridized carbons (Fsp3) is 0.500. The highest BCUT2D eigenvalue weighted by Gasteiger charge is 2.17. The van der Waals surface area contributed by atoms with E-state index in [1.807, 2.05) is 6.20 Å². The summed E-state index contributed by atoms with van der Waals surface area (Å²) in [5.41, 5.74) is 3.35. The second-order valence-electron chi connectivity index (χ2n) is 7.06. The van der Waals surface area contributed by atoms with E-state index in [0.29, 0.717) is 12.2 Å². The number of aryl methyl sites for hydroxylation is 1. The Kier molecular flexibility index (Phi) is 8.60. The molecule has 1 amide bonds. The zero-order chi connectivity index (χ0) is 17.8. The van der Waals surface area contributed by atoms with E-state index in [9.17, 15) is 4.79 Å². The number of imidazole rings is 1. The zero-order valence-corrected chi connectivity index (χ0v) is 17.7. The van der Waals surface area contributed by atoms with Crippen LogP contribution in [0.1, 0.15) is 34.7 Å². The Balaban J connectivity index is 0.00000140. The van der Waals surface area contributed by atoms with Crippen LogP contribution in [-0.4, -0.2) is 48.2 Å². The van der Waals surface area contributed by atoms with Gasteiger partial charge in [-0.15, -0.1) is 24.8 Å². The number of hydrogen-bond donors (Lipinski definition) is 2. The molecule has 28 heavy (non-hydrogen) atoms. The maximum Gasteiger partial charge on any atom is 0.271 e. The van der Waals surface area contributed by atoms with Crippen LogP contribution >= 0.6 is 24.8 Å². The molecule has 0 fully saturated rings. The van der Waals surface area contributed by atoms with Gasteiger partial charge in [-0.25, -0.2) is 4.98 Å². The molecule has 2 aliphatic rings. The van der Waals surface area contributed by atoms with Crippen molar-refractivity contribution in [1.29, 1.82) is 0 Å². The smallest absolute Gasteiger partial charge is 0.271 e. The molecule has 0 bridgehead atoms. The van der Waals surface area contributed by atoms with Crippen molar-refractivity contribution in [1.82, 2.24) is 20.2 Å². The number of anilines is 1. The van der Waals surface area contributed by atoms with Crippen molar-refractivity contribution in [2.45, 2.75) is 32.2 Å². The molecular formula is C20H29Cl2N5O. The lowest BCUT2D eigenvalue weighted by Gasteiger charge is -2.31. The molecule has 1 aromatic heterocycles. The van der Waals surface area contributed by atoms with E-state index < -0.39 is 0 Å². The van der Waals surface area contributed by atoms with E-state index in [1.54, 1.807) is 0 Å². The summed E-state index contributed by atoms with van der Waals surface area (Å²) in [4.78, 5) is 19.3. The summed E-state index contributed by atoms with van der Waals surface area (Å²) in [5.74, 6) is 0.947. The Bertz CT molecular complexity index is 756. The van der Waals surface area contributed by atoms with Gasteiger partial charge in [0.25, 0.3) is 5.91 Å². The minimum absolute atomic E-state index is 0. The van der Waals surface area contributed by atoms with Crippen LogP contribution in [0.5, 0.6) is 0 Å². The Morgan fingerprint density at radius 2 is 2.00 bits per heavy atom. The fourth-order valence-electron chi connectivity index (χ4n) is 3.89. The van der Waals surface area contributed by atoms with Gasteiger partial charge in [0.05, 0.1) is 0 Å². The number of halogens is 2. The molecule has 0 atom stereocenters. The van der Waals surface area contributed by atoms with E-state index in [0.717, 1.165) is 51.4 Å². The number of fused-ring (bicyclic) bond motifs is 2. The van der Waals surface area contributed by atoms with Crippen LogP contribution in [0.15, 0.2) is 30.5 Å². The van der Waals surface area contributed by atoms with Crippen molar-refractivity contribution in [3.05, 3.63) is 47.5 Å². The number of carbonyl (C=O) groups excluding carboxylic acids is 1. The number of nitrogens with zero attached hydrogens (tertiary/aromatic N) is 3. The maximum absolute atomic E-state index is 12.4. The minimum atomic E-state index is -0.0578.